The van der Waals surface area contributed by atoms with Gasteiger partial charge in [-0.25, -0.2) is 4.98 Å². The molecule has 3 aromatic rings. The summed E-state index contributed by atoms with van der Waals surface area (Å²) < 4.78 is 40.1. The molecule has 0 radical (unpaired) electrons. The van der Waals surface area contributed by atoms with Gasteiger partial charge in [0.1, 0.15) is 5.69 Å². The molecule has 130 valence electrons. The molecule has 3 nitrogen and oxygen atoms in total. The molecule has 0 aliphatic heterocycles. The van der Waals surface area contributed by atoms with Gasteiger partial charge in [-0.3, -0.25) is 4.79 Å². The SMILES string of the molecule is O=C(NCc1cccs1)c1cc(Cl)c2cc(Br)cc(C(F)(F)F)c2n1. The number of hydrogen-bond acceptors (Lipinski definition) is 3. The highest BCUT2D eigenvalue weighted by atomic mass is 79.9. The van der Waals surface area contributed by atoms with Crippen molar-refractivity contribution in [2.75, 3.05) is 0 Å². The van der Waals surface area contributed by atoms with E-state index in [1.54, 1.807) is 0 Å². The van der Waals surface area contributed by atoms with E-state index in [1.165, 1.54) is 23.5 Å². The molecule has 0 fully saturated rings. The van der Waals surface area contributed by atoms with Crippen LogP contribution in [0.3, 0.4) is 0 Å². The van der Waals surface area contributed by atoms with Gasteiger partial charge in [0.15, 0.2) is 0 Å². The van der Waals surface area contributed by atoms with Gasteiger partial charge < -0.3 is 5.32 Å². The third kappa shape index (κ3) is 3.96. The molecule has 3 rings (SSSR count). The predicted molar refractivity (Wildman–Crippen MR) is 94.9 cm³/mol. The van der Waals surface area contributed by atoms with Crippen molar-refractivity contribution in [1.29, 1.82) is 0 Å². The number of amides is 1. The minimum Gasteiger partial charge on any atom is -0.346 e. The van der Waals surface area contributed by atoms with Crippen LogP contribution in [0.5, 0.6) is 0 Å². The van der Waals surface area contributed by atoms with Crippen LogP contribution in [-0.4, -0.2) is 10.9 Å². The van der Waals surface area contributed by atoms with Gasteiger partial charge in [0, 0.05) is 14.7 Å². The number of aromatic nitrogens is 1. The standard InChI is InChI=1S/C16H9BrClF3N2OS/c17-8-4-10-12(18)6-13(15(24)22-7-9-2-1-3-25-9)23-14(10)11(5-8)16(19,20)21/h1-6H,7H2,(H,22,24). The summed E-state index contributed by atoms with van der Waals surface area (Å²) >= 11 is 10.6. The smallest absolute Gasteiger partial charge is 0.346 e. The van der Waals surface area contributed by atoms with Crippen LogP contribution in [-0.2, 0) is 12.7 Å². The highest BCUT2D eigenvalue weighted by molar-refractivity contribution is 9.10. The molecule has 1 aromatic carbocycles. The zero-order valence-corrected chi connectivity index (χ0v) is 15.5. The second-order valence-electron chi connectivity index (χ2n) is 5.10. The Labute approximate surface area is 158 Å². The van der Waals surface area contributed by atoms with Crippen LogP contribution in [0.25, 0.3) is 10.9 Å². The van der Waals surface area contributed by atoms with Crippen LogP contribution in [0.2, 0.25) is 5.02 Å². The van der Waals surface area contributed by atoms with Crippen molar-refractivity contribution in [3.8, 4) is 0 Å². The van der Waals surface area contributed by atoms with Crippen LogP contribution >= 0.6 is 38.9 Å². The average molecular weight is 450 g/mol. The first-order chi connectivity index (χ1) is 11.8. The lowest BCUT2D eigenvalue weighted by molar-refractivity contribution is -0.136. The molecule has 1 N–H and O–H groups in total. The maximum Gasteiger partial charge on any atom is 0.418 e. The summed E-state index contributed by atoms with van der Waals surface area (Å²) in [5.74, 6) is -0.590. The molecule has 0 aliphatic carbocycles. The molecule has 0 unspecified atom stereocenters. The molecular formula is C16H9BrClF3N2OS. The van der Waals surface area contributed by atoms with E-state index in [1.807, 2.05) is 17.5 Å². The Kier molecular flexibility index (Phi) is 5.04. The maximum atomic E-state index is 13.3. The van der Waals surface area contributed by atoms with Gasteiger partial charge >= 0.3 is 6.18 Å². The monoisotopic (exact) mass is 448 g/mol. The molecule has 2 aromatic heterocycles. The Hall–Kier alpha value is -1.64. The normalized spacial score (nSPS) is 11.7. The van der Waals surface area contributed by atoms with Gasteiger partial charge in [0.05, 0.1) is 22.6 Å². The fraction of sp³-hybridized carbons (Fsp3) is 0.125. The third-order valence-electron chi connectivity index (χ3n) is 3.37. The number of pyridine rings is 1. The van der Waals surface area contributed by atoms with E-state index in [0.717, 1.165) is 10.9 Å². The van der Waals surface area contributed by atoms with E-state index in [4.69, 9.17) is 11.6 Å². The summed E-state index contributed by atoms with van der Waals surface area (Å²) in [5, 5.41) is 4.63. The second-order valence-corrected chi connectivity index (χ2v) is 7.45. The highest BCUT2D eigenvalue weighted by Crippen LogP contribution is 2.38. The van der Waals surface area contributed by atoms with Gasteiger partial charge in [-0.15, -0.1) is 11.3 Å². The number of nitrogens with zero attached hydrogens (tertiary/aromatic N) is 1. The van der Waals surface area contributed by atoms with Gasteiger partial charge in [0.25, 0.3) is 5.91 Å². The lowest BCUT2D eigenvalue weighted by Gasteiger charge is -2.13. The molecule has 0 spiro atoms. The van der Waals surface area contributed by atoms with Gasteiger partial charge in [-0.05, 0) is 29.6 Å². The molecule has 25 heavy (non-hydrogen) atoms. The van der Waals surface area contributed by atoms with E-state index in [-0.39, 0.29) is 32.6 Å². The summed E-state index contributed by atoms with van der Waals surface area (Å²) in [6, 6.07) is 7.29. The molecule has 0 atom stereocenters. The number of thiophene rings is 1. The van der Waals surface area contributed by atoms with Crippen molar-refractivity contribution >= 4 is 55.7 Å². The number of rotatable bonds is 3. The summed E-state index contributed by atoms with van der Waals surface area (Å²) in [4.78, 5) is 17.1. The minimum absolute atomic E-state index is 0.0260. The predicted octanol–water partition coefficient (Wildman–Crippen LogP) is 5.66. The Bertz CT molecular complexity index is 945. The molecule has 9 heteroatoms. The van der Waals surface area contributed by atoms with Crippen LogP contribution in [0.15, 0.2) is 40.2 Å². The lowest BCUT2D eigenvalue weighted by Crippen LogP contribution is -2.23. The number of halogens is 5. The van der Waals surface area contributed by atoms with Crippen molar-refractivity contribution in [2.24, 2.45) is 0 Å². The third-order valence-corrected chi connectivity index (χ3v) is 5.02. The number of alkyl halides is 3. The number of benzene rings is 1. The highest BCUT2D eigenvalue weighted by Gasteiger charge is 2.34. The quantitative estimate of drug-likeness (QED) is 0.560. The fourth-order valence-electron chi connectivity index (χ4n) is 2.26. The molecule has 0 bridgehead atoms. The first-order valence-electron chi connectivity index (χ1n) is 6.93. The average Bonchev–Trinajstić information content (AvgIpc) is 3.05. The zero-order valence-electron chi connectivity index (χ0n) is 12.3. The van der Waals surface area contributed by atoms with Crippen LogP contribution in [0, 0.1) is 0 Å². The van der Waals surface area contributed by atoms with Crippen molar-refractivity contribution in [3.63, 3.8) is 0 Å². The molecular weight excluding hydrogens is 441 g/mol. The zero-order chi connectivity index (χ0) is 18.2. The number of fused-ring (bicyclic) bond motifs is 1. The van der Waals surface area contributed by atoms with E-state index in [2.05, 4.69) is 26.2 Å². The van der Waals surface area contributed by atoms with Crippen LogP contribution in [0.1, 0.15) is 20.9 Å². The maximum absolute atomic E-state index is 13.3. The summed E-state index contributed by atoms with van der Waals surface area (Å²) in [7, 11) is 0. The van der Waals surface area contributed by atoms with E-state index < -0.39 is 17.6 Å². The topological polar surface area (TPSA) is 42.0 Å². The first kappa shape index (κ1) is 18.2. The Morgan fingerprint density at radius 1 is 1.32 bits per heavy atom. The molecule has 0 saturated carbocycles. The molecule has 0 aliphatic rings. The Morgan fingerprint density at radius 3 is 2.72 bits per heavy atom. The summed E-state index contributed by atoms with van der Waals surface area (Å²) in [6.07, 6.45) is -4.62. The van der Waals surface area contributed by atoms with Gasteiger partial charge in [-0.1, -0.05) is 33.6 Å². The fourth-order valence-corrected chi connectivity index (χ4v) is 3.61. The number of carbonyl (C=O) groups is 1. The van der Waals surface area contributed by atoms with Crippen molar-refractivity contribution in [2.45, 2.75) is 12.7 Å². The number of nitrogens with one attached hydrogen (secondary N) is 1. The molecule has 2 heterocycles. The first-order valence-corrected chi connectivity index (χ1v) is 8.98. The lowest BCUT2D eigenvalue weighted by atomic mass is 10.1. The van der Waals surface area contributed by atoms with Crippen LogP contribution < -0.4 is 5.32 Å². The molecule has 1 amide bonds. The number of hydrogen-bond donors (Lipinski definition) is 1. The van der Waals surface area contributed by atoms with Gasteiger partial charge in [-0.2, -0.15) is 13.2 Å². The van der Waals surface area contributed by atoms with Gasteiger partial charge in [0.2, 0.25) is 0 Å². The minimum atomic E-state index is -4.62. The Balaban J connectivity index is 2.02. The van der Waals surface area contributed by atoms with Crippen LogP contribution in [0.4, 0.5) is 13.2 Å². The van der Waals surface area contributed by atoms with E-state index in [9.17, 15) is 18.0 Å². The van der Waals surface area contributed by atoms with Crippen molar-refractivity contribution in [3.05, 3.63) is 61.3 Å². The summed E-state index contributed by atoms with van der Waals surface area (Å²) in [5.41, 5.74) is -1.47. The van der Waals surface area contributed by atoms with Crippen molar-refractivity contribution in [1.82, 2.24) is 10.3 Å². The molecule has 0 saturated heterocycles. The van der Waals surface area contributed by atoms with E-state index in [0.29, 0.717) is 0 Å². The second kappa shape index (κ2) is 6.93. The number of carbonyl (C=O) groups excluding carboxylic acids is 1. The van der Waals surface area contributed by atoms with Crippen molar-refractivity contribution < 1.29 is 18.0 Å². The van der Waals surface area contributed by atoms with E-state index >= 15 is 0 Å². The largest absolute Gasteiger partial charge is 0.418 e. The Morgan fingerprint density at radius 2 is 2.08 bits per heavy atom. The summed E-state index contributed by atoms with van der Waals surface area (Å²) in [6.45, 7) is 0.264.